The van der Waals surface area contributed by atoms with E-state index in [0.29, 0.717) is 30.1 Å². The number of hydrogen-bond acceptors (Lipinski definition) is 5. The van der Waals surface area contributed by atoms with E-state index < -0.39 is 0 Å². The van der Waals surface area contributed by atoms with E-state index in [-0.39, 0.29) is 36.4 Å². The molecule has 0 amide bonds. The second-order valence-corrected chi connectivity index (χ2v) is 4.18. The Morgan fingerprint density at radius 1 is 1.28 bits per heavy atom. The normalized spacial score (nSPS) is 15.7. The van der Waals surface area contributed by atoms with Crippen LogP contribution in [0.1, 0.15) is 5.76 Å². The molecule has 2 aromatic rings. The van der Waals surface area contributed by atoms with Gasteiger partial charge in [-0.2, -0.15) is 4.98 Å². The maximum Gasteiger partial charge on any atom is 0.223 e. The molecule has 0 saturated carbocycles. The van der Waals surface area contributed by atoms with Crippen LogP contribution in [0.25, 0.3) is 11.1 Å². The molecule has 0 bridgehead atoms. The Hall–Kier alpha value is -0.408. The van der Waals surface area contributed by atoms with E-state index in [0.717, 1.165) is 18.9 Å². The first kappa shape index (κ1) is 14.0. The molecule has 2 aromatic heterocycles. The van der Waals surface area contributed by atoms with Gasteiger partial charge < -0.3 is 14.1 Å². The molecule has 1 fully saturated rings. The molecular weight excluding hydrogens is 480 g/mol. The topological polar surface area (TPSA) is 51.4 Å². The van der Waals surface area contributed by atoms with Gasteiger partial charge in [0.1, 0.15) is 0 Å². The van der Waals surface area contributed by atoms with Crippen molar-refractivity contribution in [1.82, 2.24) is 9.97 Å². The van der Waals surface area contributed by atoms with Crippen molar-refractivity contribution in [1.29, 1.82) is 0 Å². The fourth-order valence-corrected chi connectivity index (χ4v) is 2.10. The molecule has 5 nitrogen and oxygen atoms in total. The Kier molecular flexibility index (Phi) is 4.44. The van der Waals surface area contributed by atoms with Crippen molar-refractivity contribution in [3.05, 3.63) is 24.0 Å². The largest absolute Gasteiger partial charge is 0.491 e. The van der Waals surface area contributed by atoms with Gasteiger partial charge in [0.15, 0.2) is 11.4 Å². The summed E-state index contributed by atoms with van der Waals surface area (Å²) in [7, 11) is 0. The van der Waals surface area contributed by atoms with Gasteiger partial charge in [0.2, 0.25) is 5.28 Å². The predicted molar refractivity (Wildman–Crippen MR) is 64.3 cm³/mol. The van der Waals surface area contributed by atoms with E-state index in [2.05, 4.69) is 21.8 Å². The van der Waals surface area contributed by atoms with Gasteiger partial charge >= 0.3 is 0 Å². The van der Waals surface area contributed by atoms with Crippen LogP contribution >= 0.6 is 11.6 Å². The average molecular weight is 491 g/mol. The van der Waals surface area contributed by atoms with Gasteiger partial charge in [-0.3, -0.25) is 0 Å². The summed E-state index contributed by atoms with van der Waals surface area (Å²) in [5, 5.41) is 0.222. The number of ether oxygens (including phenoxy) is 1. The Morgan fingerprint density at radius 2 is 2.00 bits per heavy atom. The van der Waals surface area contributed by atoms with E-state index >= 15 is 0 Å². The molecule has 0 unspecified atom stereocenters. The molecule has 0 N–H and O–H groups in total. The van der Waals surface area contributed by atoms with E-state index in [9.17, 15) is 0 Å². The standard InChI is InChI=1S/C11H11ClN3O2.U/c1-7-6-8-9(17-7)10(14-11(12)13-8)15-2-4-16-5-3-15;/h6H,1-5H2;/q-1;. The van der Waals surface area contributed by atoms with Crippen LogP contribution in [-0.2, 0) is 4.74 Å². The van der Waals surface area contributed by atoms with E-state index in [4.69, 9.17) is 20.8 Å². The maximum absolute atomic E-state index is 5.91. The molecule has 1 aliphatic heterocycles. The number of morpholine rings is 1. The second-order valence-electron chi connectivity index (χ2n) is 3.84. The van der Waals surface area contributed by atoms with Crippen LogP contribution in [0.3, 0.4) is 0 Å². The van der Waals surface area contributed by atoms with Crippen LogP contribution in [0.4, 0.5) is 5.82 Å². The number of rotatable bonds is 1. The molecule has 0 aromatic carbocycles. The van der Waals surface area contributed by atoms with Crippen molar-refractivity contribution >= 4 is 28.5 Å². The van der Waals surface area contributed by atoms with Crippen molar-refractivity contribution < 1.29 is 40.3 Å². The van der Waals surface area contributed by atoms with Gasteiger partial charge in [-0.05, 0) is 17.4 Å². The number of fused-ring (bicyclic) bond motifs is 1. The number of anilines is 1. The summed E-state index contributed by atoms with van der Waals surface area (Å²) >= 11 is 5.91. The summed E-state index contributed by atoms with van der Waals surface area (Å²) < 4.78 is 10.8. The summed E-state index contributed by atoms with van der Waals surface area (Å²) in [6.07, 6.45) is 0. The Morgan fingerprint density at radius 3 is 2.72 bits per heavy atom. The molecule has 94 valence electrons. The van der Waals surface area contributed by atoms with Gasteiger partial charge in [-0.15, -0.1) is 6.07 Å². The fourth-order valence-electron chi connectivity index (χ4n) is 1.93. The zero-order valence-corrected chi connectivity index (χ0v) is 14.6. The first-order valence-corrected chi connectivity index (χ1v) is 5.73. The van der Waals surface area contributed by atoms with Crippen LogP contribution in [0, 0.1) is 38.0 Å². The van der Waals surface area contributed by atoms with Crippen LogP contribution in [0.2, 0.25) is 5.28 Å². The van der Waals surface area contributed by atoms with E-state index in [1.54, 1.807) is 6.07 Å². The van der Waals surface area contributed by atoms with Crippen LogP contribution in [-0.4, -0.2) is 36.3 Å². The van der Waals surface area contributed by atoms with Gasteiger partial charge in [-0.25, -0.2) is 11.9 Å². The summed E-state index contributed by atoms with van der Waals surface area (Å²) in [6.45, 7) is 6.66. The molecule has 18 heavy (non-hydrogen) atoms. The third-order valence-electron chi connectivity index (χ3n) is 2.69. The summed E-state index contributed by atoms with van der Waals surface area (Å²) in [4.78, 5) is 10.4. The zero-order valence-electron chi connectivity index (χ0n) is 9.65. The maximum atomic E-state index is 5.91. The predicted octanol–water partition coefficient (Wildman–Crippen LogP) is 1.89. The summed E-state index contributed by atoms with van der Waals surface area (Å²) in [5.41, 5.74) is 1.33. The average Bonchev–Trinajstić information content (AvgIpc) is 2.69. The SMILES string of the molecule is [CH2-]c1cc2nc(Cl)nc(N3CCOCC3)c2o1.[U]. The fraction of sp³-hybridized carbons (Fsp3) is 0.364. The van der Waals surface area contributed by atoms with Crippen molar-refractivity contribution in [2.24, 2.45) is 0 Å². The molecule has 1 saturated heterocycles. The zero-order chi connectivity index (χ0) is 11.8. The van der Waals surface area contributed by atoms with Gasteiger partial charge in [0, 0.05) is 49.7 Å². The van der Waals surface area contributed by atoms with E-state index in [1.807, 2.05) is 0 Å². The molecule has 0 atom stereocenters. The second kappa shape index (κ2) is 5.70. The van der Waals surface area contributed by atoms with Crippen LogP contribution in [0.15, 0.2) is 10.5 Å². The quantitative estimate of drug-likeness (QED) is 0.452. The monoisotopic (exact) mass is 490 g/mol. The molecular formula is C11H11ClN3O2U-. The van der Waals surface area contributed by atoms with Crippen LogP contribution < -0.4 is 4.90 Å². The molecule has 7 heteroatoms. The third kappa shape index (κ3) is 2.62. The molecule has 0 spiro atoms. The van der Waals surface area contributed by atoms with Crippen LogP contribution in [0.5, 0.6) is 0 Å². The number of hydrogen-bond donors (Lipinski definition) is 0. The molecule has 1 aliphatic rings. The number of furan rings is 1. The Labute approximate surface area is 133 Å². The van der Waals surface area contributed by atoms with E-state index in [1.165, 1.54) is 0 Å². The smallest absolute Gasteiger partial charge is 0.223 e. The van der Waals surface area contributed by atoms with Crippen molar-refractivity contribution in [3.8, 4) is 0 Å². The summed E-state index contributed by atoms with van der Waals surface area (Å²) in [6, 6.07) is 1.76. The minimum absolute atomic E-state index is 0. The number of aromatic nitrogens is 2. The van der Waals surface area contributed by atoms with Gasteiger partial charge in [0.05, 0.1) is 13.2 Å². The number of nitrogens with zero attached hydrogens (tertiary/aromatic N) is 3. The Balaban J connectivity index is 0.00000120. The molecule has 0 radical (unpaired) electrons. The first-order chi connectivity index (χ1) is 8.24. The van der Waals surface area contributed by atoms with Gasteiger partial charge in [-0.1, -0.05) is 0 Å². The minimum Gasteiger partial charge on any atom is -0.491 e. The summed E-state index contributed by atoms with van der Waals surface area (Å²) in [5.74, 6) is 1.28. The Bertz CT molecular complexity index is 554. The van der Waals surface area contributed by atoms with Crippen molar-refractivity contribution in [2.45, 2.75) is 0 Å². The minimum atomic E-state index is 0. The first-order valence-electron chi connectivity index (χ1n) is 5.36. The molecule has 3 rings (SSSR count). The molecule has 0 aliphatic carbocycles. The third-order valence-corrected chi connectivity index (χ3v) is 2.86. The molecule has 3 heterocycles. The van der Waals surface area contributed by atoms with Crippen molar-refractivity contribution in [2.75, 3.05) is 31.2 Å². The van der Waals surface area contributed by atoms with Crippen molar-refractivity contribution in [3.63, 3.8) is 0 Å². The van der Waals surface area contributed by atoms with Gasteiger partial charge in [0.25, 0.3) is 0 Å². The number of halogens is 1.